The molecule has 0 aliphatic carbocycles. The summed E-state index contributed by atoms with van der Waals surface area (Å²) in [5.74, 6) is -1.05. The SMILES string of the molecule is CCC1(C)CCN(c2cc([N+](=O)[O-])ccc2C(=O)O)CC1. The summed E-state index contributed by atoms with van der Waals surface area (Å²) in [5.41, 5.74) is 0.787. The van der Waals surface area contributed by atoms with Crippen LogP contribution >= 0.6 is 0 Å². The first-order valence-electron chi connectivity index (χ1n) is 7.13. The van der Waals surface area contributed by atoms with E-state index >= 15 is 0 Å². The lowest BCUT2D eigenvalue weighted by Gasteiger charge is -2.40. The molecule has 0 unspecified atom stereocenters. The lowest BCUT2D eigenvalue weighted by atomic mass is 9.78. The standard InChI is InChI=1S/C15H20N2O4/c1-3-15(2)6-8-16(9-7-15)13-10-11(17(20)21)4-5-12(13)14(18)19/h4-5,10H,3,6-9H2,1-2H3,(H,18,19). The van der Waals surface area contributed by atoms with Crippen molar-refractivity contribution in [3.63, 3.8) is 0 Å². The van der Waals surface area contributed by atoms with Crippen LogP contribution in [0, 0.1) is 15.5 Å². The van der Waals surface area contributed by atoms with Crippen LogP contribution in [0.5, 0.6) is 0 Å². The van der Waals surface area contributed by atoms with E-state index in [-0.39, 0.29) is 16.7 Å². The topological polar surface area (TPSA) is 83.7 Å². The number of carbonyl (C=O) groups is 1. The van der Waals surface area contributed by atoms with Gasteiger partial charge in [-0.05, 0) is 24.3 Å². The predicted molar refractivity (Wildman–Crippen MR) is 79.9 cm³/mol. The van der Waals surface area contributed by atoms with Crippen LogP contribution in [0.25, 0.3) is 0 Å². The van der Waals surface area contributed by atoms with Crippen molar-refractivity contribution in [3.8, 4) is 0 Å². The third-order valence-electron chi connectivity index (χ3n) is 4.59. The van der Waals surface area contributed by atoms with E-state index < -0.39 is 10.9 Å². The highest BCUT2D eigenvalue weighted by molar-refractivity contribution is 5.95. The Bertz CT molecular complexity index is 563. The maximum atomic E-state index is 11.3. The molecule has 0 atom stereocenters. The molecule has 0 aromatic heterocycles. The van der Waals surface area contributed by atoms with E-state index in [1.54, 1.807) is 0 Å². The molecule has 114 valence electrons. The van der Waals surface area contributed by atoms with Crippen molar-refractivity contribution >= 4 is 17.3 Å². The van der Waals surface area contributed by atoms with Crippen molar-refractivity contribution in [2.24, 2.45) is 5.41 Å². The Morgan fingerprint density at radius 2 is 2.05 bits per heavy atom. The summed E-state index contributed by atoms with van der Waals surface area (Å²) in [6, 6.07) is 3.94. The normalized spacial score (nSPS) is 17.5. The Labute approximate surface area is 123 Å². The molecule has 1 aliphatic heterocycles. The van der Waals surface area contributed by atoms with Crippen molar-refractivity contribution in [1.82, 2.24) is 0 Å². The minimum Gasteiger partial charge on any atom is -0.478 e. The zero-order valence-electron chi connectivity index (χ0n) is 12.3. The van der Waals surface area contributed by atoms with E-state index in [4.69, 9.17) is 0 Å². The Morgan fingerprint density at radius 3 is 2.52 bits per heavy atom. The quantitative estimate of drug-likeness (QED) is 0.680. The fraction of sp³-hybridized carbons (Fsp3) is 0.533. The first-order chi connectivity index (χ1) is 9.86. The van der Waals surface area contributed by atoms with Crippen molar-refractivity contribution in [3.05, 3.63) is 33.9 Å². The molecule has 1 saturated heterocycles. The molecular formula is C15H20N2O4. The Balaban J connectivity index is 2.32. The van der Waals surface area contributed by atoms with Crippen molar-refractivity contribution in [2.75, 3.05) is 18.0 Å². The van der Waals surface area contributed by atoms with E-state index in [0.717, 1.165) is 32.4 Å². The summed E-state index contributed by atoms with van der Waals surface area (Å²) in [4.78, 5) is 23.7. The minimum atomic E-state index is -1.05. The molecule has 6 nitrogen and oxygen atoms in total. The summed E-state index contributed by atoms with van der Waals surface area (Å²) in [6.07, 6.45) is 3.01. The maximum Gasteiger partial charge on any atom is 0.337 e. The zero-order valence-corrected chi connectivity index (χ0v) is 12.3. The summed E-state index contributed by atoms with van der Waals surface area (Å²) in [7, 11) is 0. The van der Waals surface area contributed by atoms with Gasteiger partial charge in [0, 0.05) is 25.2 Å². The van der Waals surface area contributed by atoms with Gasteiger partial charge in [0.2, 0.25) is 0 Å². The van der Waals surface area contributed by atoms with Gasteiger partial charge in [0.1, 0.15) is 0 Å². The first kappa shape index (κ1) is 15.3. The molecule has 0 radical (unpaired) electrons. The molecule has 1 fully saturated rings. The molecule has 1 aromatic rings. The summed E-state index contributed by atoms with van der Waals surface area (Å²) >= 11 is 0. The molecular weight excluding hydrogens is 272 g/mol. The van der Waals surface area contributed by atoms with E-state index in [0.29, 0.717) is 5.69 Å². The average molecular weight is 292 g/mol. The molecule has 1 heterocycles. The second-order valence-electron chi connectivity index (χ2n) is 5.91. The van der Waals surface area contributed by atoms with E-state index in [1.807, 2.05) is 4.90 Å². The smallest absolute Gasteiger partial charge is 0.337 e. The van der Waals surface area contributed by atoms with Gasteiger partial charge < -0.3 is 10.0 Å². The second-order valence-corrected chi connectivity index (χ2v) is 5.91. The van der Waals surface area contributed by atoms with Gasteiger partial charge >= 0.3 is 5.97 Å². The number of benzene rings is 1. The first-order valence-corrected chi connectivity index (χ1v) is 7.13. The van der Waals surface area contributed by atoms with Gasteiger partial charge in [-0.3, -0.25) is 10.1 Å². The number of non-ortho nitro benzene ring substituents is 1. The summed E-state index contributed by atoms with van der Waals surface area (Å²) in [6.45, 7) is 5.85. The van der Waals surface area contributed by atoms with E-state index in [1.165, 1.54) is 18.2 Å². The maximum absolute atomic E-state index is 11.3. The van der Waals surface area contributed by atoms with Crippen LogP contribution in [0.1, 0.15) is 43.5 Å². The number of nitrogens with zero attached hydrogens (tertiary/aromatic N) is 2. The Morgan fingerprint density at radius 1 is 1.43 bits per heavy atom. The van der Waals surface area contributed by atoms with Crippen LogP contribution in [0.3, 0.4) is 0 Å². The van der Waals surface area contributed by atoms with Crippen LogP contribution in [-0.4, -0.2) is 29.1 Å². The molecule has 2 rings (SSSR count). The zero-order chi connectivity index (χ0) is 15.6. The number of nitro groups is 1. The van der Waals surface area contributed by atoms with Crippen LogP contribution in [-0.2, 0) is 0 Å². The van der Waals surface area contributed by atoms with Crippen molar-refractivity contribution < 1.29 is 14.8 Å². The van der Waals surface area contributed by atoms with Gasteiger partial charge in [0.25, 0.3) is 5.69 Å². The number of anilines is 1. The van der Waals surface area contributed by atoms with Crippen LogP contribution in [0.2, 0.25) is 0 Å². The number of aromatic carboxylic acids is 1. The molecule has 0 bridgehead atoms. The number of hydrogen-bond acceptors (Lipinski definition) is 4. The average Bonchev–Trinajstić information content (AvgIpc) is 2.47. The third-order valence-corrected chi connectivity index (χ3v) is 4.59. The minimum absolute atomic E-state index is 0.0705. The van der Waals surface area contributed by atoms with Gasteiger partial charge in [-0.25, -0.2) is 4.79 Å². The highest BCUT2D eigenvalue weighted by atomic mass is 16.6. The largest absolute Gasteiger partial charge is 0.478 e. The van der Waals surface area contributed by atoms with Crippen LogP contribution in [0.15, 0.2) is 18.2 Å². The van der Waals surface area contributed by atoms with Crippen molar-refractivity contribution in [1.29, 1.82) is 0 Å². The molecule has 0 spiro atoms. The molecule has 6 heteroatoms. The van der Waals surface area contributed by atoms with E-state index in [2.05, 4.69) is 13.8 Å². The summed E-state index contributed by atoms with van der Waals surface area (Å²) < 4.78 is 0. The molecule has 21 heavy (non-hydrogen) atoms. The molecule has 1 N–H and O–H groups in total. The lowest BCUT2D eigenvalue weighted by Crippen LogP contribution is -2.39. The Kier molecular flexibility index (Phi) is 4.16. The fourth-order valence-corrected chi connectivity index (χ4v) is 2.72. The fourth-order valence-electron chi connectivity index (χ4n) is 2.72. The van der Waals surface area contributed by atoms with Gasteiger partial charge in [-0.2, -0.15) is 0 Å². The number of carboxylic acids is 1. The van der Waals surface area contributed by atoms with Crippen LogP contribution < -0.4 is 4.90 Å². The molecule has 0 amide bonds. The molecule has 0 saturated carbocycles. The highest BCUT2D eigenvalue weighted by Gasteiger charge is 2.30. The van der Waals surface area contributed by atoms with Gasteiger partial charge in [0.15, 0.2) is 0 Å². The third kappa shape index (κ3) is 3.15. The van der Waals surface area contributed by atoms with Gasteiger partial charge in [0.05, 0.1) is 16.2 Å². The van der Waals surface area contributed by atoms with Gasteiger partial charge in [-0.1, -0.05) is 20.3 Å². The van der Waals surface area contributed by atoms with E-state index in [9.17, 15) is 20.0 Å². The predicted octanol–water partition coefficient (Wildman–Crippen LogP) is 3.31. The lowest BCUT2D eigenvalue weighted by molar-refractivity contribution is -0.384. The number of carboxylic acid groups (broad SMARTS) is 1. The monoisotopic (exact) mass is 292 g/mol. The second kappa shape index (κ2) is 5.71. The number of piperidine rings is 1. The number of hydrogen-bond donors (Lipinski definition) is 1. The number of nitro benzene ring substituents is 1. The van der Waals surface area contributed by atoms with Gasteiger partial charge in [-0.15, -0.1) is 0 Å². The Hall–Kier alpha value is -2.11. The van der Waals surface area contributed by atoms with Crippen LogP contribution in [0.4, 0.5) is 11.4 Å². The highest BCUT2D eigenvalue weighted by Crippen LogP contribution is 2.37. The molecule has 1 aromatic carbocycles. The number of rotatable bonds is 4. The van der Waals surface area contributed by atoms with Crippen molar-refractivity contribution in [2.45, 2.75) is 33.1 Å². The summed E-state index contributed by atoms with van der Waals surface area (Å²) in [5, 5.41) is 20.2. The molecule has 1 aliphatic rings.